The predicted octanol–water partition coefficient (Wildman–Crippen LogP) is 5.15. The Morgan fingerprint density at radius 1 is 0.968 bits per heavy atom. The third-order valence-electron chi connectivity index (χ3n) is 5.86. The van der Waals surface area contributed by atoms with E-state index in [9.17, 15) is 9.18 Å². The first-order chi connectivity index (χ1) is 15.2. The summed E-state index contributed by atoms with van der Waals surface area (Å²) in [5, 5.41) is 0. The molecule has 31 heavy (non-hydrogen) atoms. The topological polar surface area (TPSA) is 32.8 Å². The Kier molecular flexibility index (Phi) is 6.63. The highest BCUT2D eigenvalue weighted by Crippen LogP contribution is 2.28. The van der Waals surface area contributed by atoms with Gasteiger partial charge in [0, 0.05) is 42.5 Å². The molecule has 5 heteroatoms. The molecule has 4 rings (SSSR count). The molecule has 1 aliphatic heterocycles. The van der Waals surface area contributed by atoms with Gasteiger partial charge in [-0.05, 0) is 55.3 Å². The van der Waals surface area contributed by atoms with E-state index in [1.165, 1.54) is 6.07 Å². The van der Waals surface area contributed by atoms with Crippen LogP contribution in [0.25, 0.3) is 0 Å². The molecule has 1 aliphatic rings. The Morgan fingerprint density at radius 3 is 2.26 bits per heavy atom. The third-order valence-corrected chi connectivity index (χ3v) is 5.86. The minimum absolute atomic E-state index is 0.00155. The number of anilines is 1. The molecule has 1 heterocycles. The molecule has 0 aromatic heterocycles. The normalized spacial score (nSPS) is 14.9. The number of carbonyl (C=O) groups excluding carboxylic acids is 1. The van der Waals surface area contributed by atoms with E-state index in [0.29, 0.717) is 17.7 Å². The lowest BCUT2D eigenvalue weighted by atomic mass is 10.00. The van der Waals surface area contributed by atoms with E-state index in [2.05, 4.69) is 4.90 Å². The first kappa shape index (κ1) is 21.1. The van der Waals surface area contributed by atoms with Crippen LogP contribution >= 0.6 is 0 Å². The second-order valence-electron chi connectivity index (χ2n) is 7.84. The summed E-state index contributed by atoms with van der Waals surface area (Å²) < 4.78 is 19.3. The molecule has 1 amide bonds. The van der Waals surface area contributed by atoms with Gasteiger partial charge < -0.3 is 9.64 Å². The van der Waals surface area contributed by atoms with Gasteiger partial charge in [0.1, 0.15) is 11.6 Å². The number of halogens is 1. The van der Waals surface area contributed by atoms with Crippen LogP contribution < -0.4 is 9.64 Å². The number of ether oxygens (including phenoxy) is 1. The zero-order valence-electron chi connectivity index (χ0n) is 17.7. The average molecular weight is 419 g/mol. The van der Waals surface area contributed by atoms with Gasteiger partial charge in [-0.1, -0.05) is 36.4 Å². The van der Waals surface area contributed by atoms with Gasteiger partial charge in [-0.15, -0.1) is 0 Å². The van der Waals surface area contributed by atoms with E-state index in [-0.39, 0.29) is 17.8 Å². The number of likely N-dealkylation sites (tertiary alicyclic amines) is 1. The summed E-state index contributed by atoms with van der Waals surface area (Å²) in [6, 6.07) is 24.0. The molecule has 1 fully saturated rings. The Morgan fingerprint density at radius 2 is 1.61 bits per heavy atom. The Bertz CT molecular complexity index is 999. The quantitative estimate of drug-likeness (QED) is 0.555. The summed E-state index contributed by atoms with van der Waals surface area (Å²) in [5.74, 6) is 0.595. The van der Waals surface area contributed by atoms with Crippen molar-refractivity contribution in [3.05, 3.63) is 95.8 Å². The van der Waals surface area contributed by atoms with E-state index in [1.807, 2.05) is 71.6 Å². The smallest absolute Gasteiger partial charge is 0.258 e. The maximum absolute atomic E-state index is 14.0. The van der Waals surface area contributed by atoms with Crippen LogP contribution in [-0.2, 0) is 6.54 Å². The van der Waals surface area contributed by atoms with Crippen molar-refractivity contribution >= 4 is 11.6 Å². The molecule has 160 valence electrons. The predicted molar refractivity (Wildman–Crippen MR) is 121 cm³/mol. The van der Waals surface area contributed by atoms with Gasteiger partial charge in [0.05, 0.1) is 7.11 Å². The second kappa shape index (κ2) is 9.75. The molecule has 0 bridgehead atoms. The Labute approximate surface area is 182 Å². The fourth-order valence-corrected chi connectivity index (χ4v) is 4.16. The molecular weight excluding hydrogens is 391 g/mol. The number of hydrogen-bond donors (Lipinski definition) is 0. The highest BCUT2D eigenvalue weighted by atomic mass is 19.1. The first-order valence-electron chi connectivity index (χ1n) is 10.6. The maximum atomic E-state index is 14.0. The van der Waals surface area contributed by atoms with Crippen molar-refractivity contribution in [3.63, 3.8) is 0 Å². The number of carbonyl (C=O) groups is 1. The standard InChI is InChI=1S/C26H27FN2O2/c1-31-24-13-11-22(12-14-24)29(26(30)20-7-3-2-4-8-20)23-15-17-28(18-16-23)19-21-9-5-6-10-25(21)27/h2-14,23H,15-19H2,1H3. The molecule has 0 atom stereocenters. The zero-order chi connectivity index (χ0) is 21.6. The van der Waals surface area contributed by atoms with Crippen molar-refractivity contribution in [3.8, 4) is 5.75 Å². The van der Waals surface area contributed by atoms with Gasteiger partial charge in [0.2, 0.25) is 0 Å². The molecule has 3 aromatic rings. The van der Waals surface area contributed by atoms with Crippen molar-refractivity contribution < 1.29 is 13.9 Å². The monoisotopic (exact) mass is 418 g/mol. The number of rotatable bonds is 6. The second-order valence-corrected chi connectivity index (χ2v) is 7.84. The van der Waals surface area contributed by atoms with Crippen LogP contribution in [0.4, 0.5) is 10.1 Å². The molecule has 0 unspecified atom stereocenters. The minimum atomic E-state index is -0.163. The van der Waals surface area contributed by atoms with Crippen molar-refractivity contribution in [2.45, 2.75) is 25.4 Å². The van der Waals surface area contributed by atoms with Crippen LogP contribution in [0, 0.1) is 5.82 Å². The largest absolute Gasteiger partial charge is 0.497 e. The Hall–Kier alpha value is -3.18. The van der Waals surface area contributed by atoms with Gasteiger partial charge in [-0.2, -0.15) is 0 Å². The van der Waals surface area contributed by atoms with Crippen molar-refractivity contribution in [1.82, 2.24) is 4.90 Å². The van der Waals surface area contributed by atoms with Gasteiger partial charge in [0.15, 0.2) is 0 Å². The molecule has 0 N–H and O–H groups in total. The third kappa shape index (κ3) is 4.94. The van der Waals surface area contributed by atoms with Gasteiger partial charge in [-0.25, -0.2) is 4.39 Å². The average Bonchev–Trinajstić information content (AvgIpc) is 2.83. The number of amides is 1. The molecule has 0 spiro atoms. The molecule has 0 radical (unpaired) electrons. The van der Waals surface area contributed by atoms with Gasteiger partial charge in [-0.3, -0.25) is 9.69 Å². The van der Waals surface area contributed by atoms with Crippen molar-refractivity contribution in [1.29, 1.82) is 0 Å². The lowest BCUT2D eigenvalue weighted by molar-refractivity contribution is 0.0958. The van der Waals surface area contributed by atoms with Crippen LogP contribution in [0.3, 0.4) is 0 Å². The zero-order valence-corrected chi connectivity index (χ0v) is 17.7. The van der Waals surface area contributed by atoms with E-state index in [0.717, 1.165) is 37.4 Å². The van der Waals surface area contributed by atoms with E-state index in [1.54, 1.807) is 13.2 Å². The summed E-state index contributed by atoms with van der Waals surface area (Å²) >= 11 is 0. The summed E-state index contributed by atoms with van der Waals surface area (Å²) in [5.41, 5.74) is 2.25. The fourth-order valence-electron chi connectivity index (χ4n) is 4.16. The van der Waals surface area contributed by atoms with Crippen LogP contribution in [0.1, 0.15) is 28.8 Å². The van der Waals surface area contributed by atoms with E-state index in [4.69, 9.17) is 4.74 Å². The van der Waals surface area contributed by atoms with E-state index >= 15 is 0 Å². The molecule has 1 saturated heterocycles. The SMILES string of the molecule is COc1ccc(N(C(=O)c2ccccc2)C2CCN(Cc3ccccc3F)CC2)cc1. The number of methoxy groups -OCH3 is 1. The van der Waals surface area contributed by atoms with Crippen LogP contribution in [0.2, 0.25) is 0 Å². The number of piperidine rings is 1. The molecule has 3 aromatic carbocycles. The maximum Gasteiger partial charge on any atom is 0.258 e. The first-order valence-corrected chi connectivity index (χ1v) is 10.6. The summed E-state index contributed by atoms with van der Waals surface area (Å²) in [7, 11) is 1.63. The number of benzene rings is 3. The molecule has 0 saturated carbocycles. The minimum Gasteiger partial charge on any atom is -0.497 e. The highest BCUT2D eigenvalue weighted by Gasteiger charge is 2.30. The summed E-state index contributed by atoms with van der Waals surface area (Å²) in [6.45, 7) is 2.22. The van der Waals surface area contributed by atoms with Crippen LogP contribution in [-0.4, -0.2) is 37.0 Å². The van der Waals surface area contributed by atoms with Gasteiger partial charge in [0.25, 0.3) is 5.91 Å². The lowest BCUT2D eigenvalue weighted by Gasteiger charge is -2.38. The van der Waals surface area contributed by atoms with Crippen LogP contribution in [0.15, 0.2) is 78.9 Å². The van der Waals surface area contributed by atoms with Crippen LogP contribution in [0.5, 0.6) is 5.75 Å². The van der Waals surface area contributed by atoms with E-state index < -0.39 is 0 Å². The summed E-state index contributed by atoms with van der Waals surface area (Å²) in [6.07, 6.45) is 1.66. The fraction of sp³-hybridized carbons (Fsp3) is 0.269. The molecular formula is C26H27FN2O2. The highest BCUT2D eigenvalue weighted by molar-refractivity contribution is 6.06. The van der Waals surface area contributed by atoms with Crippen molar-refractivity contribution in [2.24, 2.45) is 0 Å². The molecule has 4 nitrogen and oxygen atoms in total. The lowest BCUT2D eigenvalue weighted by Crippen LogP contribution is -2.47. The Balaban J connectivity index is 1.52. The number of nitrogens with zero attached hydrogens (tertiary/aromatic N) is 2. The van der Waals surface area contributed by atoms with Crippen molar-refractivity contribution in [2.75, 3.05) is 25.1 Å². The number of hydrogen-bond acceptors (Lipinski definition) is 3. The molecule has 0 aliphatic carbocycles. The summed E-state index contributed by atoms with van der Waals surface area (Å²) in [4.78, 5) is 17.6. The van der Waals surface area contributed by atoms with Gasteiger partial charge >= 0.3 is 0 Å².